The Balaban J connectivity index is 2.18. The van der Waals surface area contributed by atoms with Crippen molar-refractivity contribution in [1.82, 2.24) is 4.72 Å². The van der Waals surface area contributed by atoms with Crippen LogP contribution in [-0.2, 0) is 10.0 Å². The number of sulfonamides is 1. The van der Waals surface area contributed by atoms with Gasteiger partial charge in [0.25, 0.3) is 0 Å². The van der Waals surface area contributed by atoms with Gasteiger partial charge < -0.3 is 10.5 Å². The molecule has 21 heavy (non-hydrogen) atoms. The number of nitrogens with one attached hydrogen (secondary N) is 1. The fraction of sp³-hybridized carbons (Fsp3) is 0.600. The molecular weight excluding hydrogens is 288 g/mol. The number of hydrogen-bond acceptors (Lipinski definition) is 4. The van der Waals surface area contributed by atoms with Gasteiger partial charge in [-0.25, -0.2) is 13.1 Å². The normalized spacial score (nSPS) is 23.0. The first-order chi connectivity index (χ1) is 9.96. The van der Waals surface area contributed by atoms with Gasteiger partial charge in [0.2, 0.25) is 10.0 Å². The minimum atomic E-state index is -3.48. The molecule has 2 unspecified atom stereocenters. The zero-order valence-electron chi connectivity index (χ0n) is 12.6. The van der Waals surface area contributed by atoms with E-state index in [2.05, 4.69) is 11.6 Å². The number of ether oxygens (including phenoxy) is 1. The van der Waals surface area contributed by atoms with Crippen molar-refractivity contribution < 1.29 is 13.2 Å². The van der Waals surface area contributed by atoms with Crippen LogP contribution >= 0.6 is 0 Å². The molecule has 1 aromatic carbocycles. The van der Waals surface area contributed by atoms with Crippen LogP contribution in [-0.4, -0.2) is 21.6 Å². The first-order valence-electron chi connectivity index (χ1n) is 7.46. The van der Waals surface area contributed by atoms with Gasteiger partial charge in [-0.05, 0) is 44.4 Å². The summed E-state index contributed by atoms with van der Waals surface area (Å²) in [7, 11) is -2.09. The summed E-state index contributed by atoms with van der Waals surface area (Å²) in [5.41, 5.74) is 6.39. The molecule has 5 nitrogen and oxygen atoms in total. The molecule has 0 aromatic heterocycles. The van der Waals surface area contributed by atoms with Crippen molar-refractivity contribution in [2.45, 2.75) is 50.0 Å². The zero-order valence-corrected chi connectivity index (χ0v) is 13.4. The maximum atomic E-state index is 11.8. The molecule has 118 valence electrons. The van der Waals surface area contributed by atoms with E-state index < -0.39 is 10.0 Å². The molecule has 0 bridgehead atoms. The van der Waals surface area contributed by atoms with Crippen LogP contribution in [0.15, 0.2) is 23.1 Å². The topological polar surface area (TPSA) is 81.4 Å². The van der Waals surface area contributed by atoms with E-state index in [-0.39, 0.29) is 11.0 Å². The lowest BCUT2D eigenvalue weighted by molar-refractivity contribution is 0.122. The fourth-order valence-corrected chi connectivity index (χ4v) is 3.55. The van der Waals surface area contributed by atoms with E-state index >= 15 is 0 Å². The lowest BCUT2D eigenvalue weighted by Crippen LogP contribution is -2.25. The number of anilines is 1. The second-order valence-corrected chi connectivity index (χ2v) is 7.47. The van der Waals surface area contributed by atoms with Crippen molar-refractivity contribution in [3.8, 4) is 5.75 Å². The van der Waals surface area contributed by atoms with Crippen LogP contribution in [0, 0.1) is 5.92 Å². The quantitative estimate of drug-likeness (QED) is 0.819. The maximum Gasteiger partial charge on any atom is 0.240 e. The summed E-state index contributed by atoms with van der Waals surface area (Å²) in [6, 6.07) is 4.58. The van der Waals surface area contributed by atoms with Gasteiger partial charge in [-0.2, -0.15) is 0 Å². The number of nitrogens with two attached hydrogens (primary N) is 1. The van der Waals surface area contributed by atoms with E-state index in [0.717, 1.165) is 25.7 Å². The number of benzene rings is 1. The van der Waals surface area contributed by atoms with Crippen molar-refractivity contribution in [1.29, 1.82) is 0 Å². The lowest BCUT2D eigenvalue weighted by atomic mass is 9.85. The molecule has 1 saturated carbocycles. The van der Waals surface area contributed by atoms with Crippen molar-refractivity contribution in [2.75, 3.05) is 12.8 Å². The molecule has 2 rings (SSSR count). The Morgan fingerprint density at radius 2 is 2.14 bits per heavy atom. The van der Waals surface area contributed by atoms with Gasteiger partial charge in [-0.1, -0.05) is 19.8 Å². The molecule has 1 aromatic rings. The average molecular weight is 312 g/mol. The number of rotatable bonds is 5. The number of nitrogen functional groups attached to an aromatic ring is 1. The van der Waals surface area contributed by atoms with Crippen molar-refractivity contribution >= 4 is 15.7 Å². The van der Waals surface area contributed by atoms with E-state index in [1.807, 2.05) is 0 Å². The molecular formula is C15H24N2O3S. The smallest absolute Gasteiger partial charge is 0.240 e. The van der Waals surface area contributed by atoms with Gasteiger partial charge in [-0.3, -0.25) is 0 Å². The lowest BCUT2D eigenvalue weighted by Gasteiger charge is -2.29. The molecule has 0 radical (unpaired) electrons. The summed E-state index contributed by atoms with van der Waals surface area (Å²) in [5, 5.41) is 0. The highest BCUT2D eigenvalue weighted by Crippen LogP contribution is 2.32. The van der Waals surface area contributed by atoms with Crippen LogP contribution in [0.25, 0.3) is 0 Å². The Morgan fingerprint density at radius 3 is 2.81 bits per heavy atom. The SMILES string of the molecule is CCC1CCCC(Oc2cc(S(=O)(=O)NC)ccc2N)C1. The van der Waals surface area contributed by atoms with Crippen LogP contribution in [0.4, 0.5) is 5.69 Å². The minimum Gasteiger partial charge on any atom is -0.488 e. The summed E-state index contributed by atoms with van der Waals surface area (Å²) in [4.78, 5) is 0.178. The predicted molar refractivity (Wildman–Crippen MR) is 83.8 cm³/mol. The Kier molecular flexibility index (Phi) is 5.11. The highest BCUT2D eigenvalue weighted by molar-refractivity contribution is 7.89. The van der Waals surface area contributed by atoms with E-state index in [0.29, 0.717) is 17.4 Å². The summed E-state index contributed by atoms with van der Waals surface area (Å²) in [6.07, 6.45) is 5.69. The van der Waals surface area contributed by atoms with Crippen LogP contribution in [0.3, 0.4) is 0 Å². The number of hydrogen-bond donors (Lipinski definition) is 2. The average Bonchev–Trinajstić information content (AvgIpc) is 2.49. The van der Waals surface area contributed by atoms with Gasteiger partial charge >= 0.3 is 0 Å². The van der Waals surface area contributed by atoms with Gasteiger partial charge in [0.1, 0.15) is 5.75 Å². The largest absolute Gasteiger partial charge is 0.488 e. The van der Waals surface area contributed by atoms with Crippen molar-refractivity contribution in [2.24, 2.45) is 5.92 Å². The molecule has 1 aliphatic carbocycles. The second-order valence-electron chi connectivity index (χ2n) is 5.59. The Morgan fingerprint density at radius 1 is 1.38 bits per heavy atom. The third-order valence-electron chi connectivity index (χ3n) is 4.17. The highest BCUT2D eigenvalue weighted by atomic mass is 32.2. The molecule has 2 atom stereocenters. The van der Waals surface area contributed by atoms with Gasteiger partial charge in [0, 0.05) is 6.07 Å². The molecule has 0 aliphatic heterocycles. The van der Waals surface area contributed by atoms with Gasteiger partial charge in [0.05, 0.1) is 16.7 Å². The first-order valence-corrected chi connectivity index (χ1v) is 8.94. The van der Waals surface area contributed by atoms with Gasteiger partial charge in [-0.15, -0.1) is 0 Å². The molecule has 3 N–H and O–H groups in total. The monoisotopic (exact) mass is 312 g/mol. The molecule has 0 saturated heterocycles. The van der Waals surface area contributed by atoms with Crippen molar-refractivity contribution in [3.63, 3.8) is 0 Å². The summed E-state index contributed by atoms with van der Waals surface area (Å²) >= 11 is 0. The summed E-state index contributed by atoms with van der Waals surface area (Å²) in [6.45, 7) is 2.20. The Labute approximate surface area is 126 Å². The predicted octanol–water partition coefficient (Wildman–Crippen LogP) is 2.52. The standard InChI is InChI=1S/C15H24N2O3S/c1-3-11-5-4-6-12(9-11)20-15-10-13(7-8-14(15)16)21(18,19)17-2/h7-8,10-12,17H,3-6,9,16H2,1-2H3. The molecule has 1 fully saturated rings. The van der Waals surface area contributed by atoms with E-state index in [1.54, 1.807) is 6.07 Å². The van der Waals surface area contributed by atoms with E-state index in [1.165, 1.54) is 25.6 Å². The van der Waals surface area contributed by atoms with Crippen LogP contribution in [0.2, 0.25) is 0 Å². The summed E-state index contributed by atoms with van der Waals surface area (Å²) in [5.74, 6) is 1.15. The Hall–Kier alpha value is -1.27. The zero-order chi connectivity index (χ0) is 15.5. The molecule has 0 spiro atoms. The molecule has 0 amide bonds. The summed E-state index contributed by atoms with van der Waals surface area (Å²) < 4.78 is 32.0. The highest BCUT2D eigenvalue weighted by Gasteiger charge is 2.23. The Bertz CT molecular complexity index is 587. The van der Waals surface area contributed by atoms with Gasteiger partial charge in [0.15, 0.2) is 0 Å². The minimum absolute atomic E-state index is 0.124. The third kappa shape index (κ3) is 3.89. The maximum absolute atomic E-state index is 11.8. The second kappa shape index (κ2) is 6.66. The van der Waals surface area contributed by atoms with Crippen molar-refractivity contribution in [3.05, 3.63) is 18.2 Å². The molecule has 0 heterocycles. The fourth-order valence-electron chi connectivity index (χ4n) is 2.80. The van der Waals surface area contributed by atoms with Crippen LogP contribution in [0.5, 0.6) is 5.75 Å². The third-order valence-corrected chi connectivity index (χ3v) is 5.58. The van der Waals surface area contributed by atoms with Crippen LogP contribution < -0.4 is 15.2 Å². The van der Waals surface area contributed by atoms with E-state index in [4.69, 9.17) is 10.5 Å². The van der Waals surface area contributed by atoms with Crippen LogP contribution in [0.1, 0.15) is 39.0 Å². The molecule has 6 heteroatoms. The van der Waals surface area contributed by atoms with E-state index in [9.17, 15) is 8.42 Å². The first kappa shape index (κ1) is 16.1. The molecule has 1 aliphatic rings.